The minimum atomic E-state index is -0.474. The lowest BCUT2D eigenvalue weighted by atomic mass is 10.1. The Morgan fingerprint density at radius 3 is 2.87 bits per heavy atom. The van der Waals surface area contributed by atoms with Gasteiger partial charge in [0.25, 0.3) is 5.91 Å². The van der Waals surface area contributed by atoms with E-state index in [2.05, 4.69) is 10.3 Å². The van der Waals surface area contributed by atoms with Crippen LogP contribution in [0.4, 0.5) is 0 Å². The van der Waals surface area contributed by atoms with Gasteiger partial charge >= 0.3 is 0 Å². The van der Waals surface area contributed by atoms with Crippen molar-refractivity contribution in [2.75, 3.05) is 6.54 Å². The Morgan fingerprint density at radius 2 is 2.33 bits per heavy atom. The molecule has 5 nitrogen and oxygen atoms in total. The molecule has 0 aliphatic carbocycles. The number of rotatable bonds is 3. The van der Waals surface area contributed by atoms with Crippen molar-refractivity contribution in [1.29, 1.82) is 0 Å². The summed E-state index contributed by atoms with van der Waals surface area (Å²) < 4.78 is 0. The number of pyridine rings is 1. The number of hydrogen-bond acceptors (Lipinski definition) is 4. The average molecular weight is 209 g/mol. The molecule has 5 heteroatoms. The minimum absolute atomic E-state index is 0.134. The summed E-state index contributed by atoms with van der Waals surface area (Å²) in [5.74, 6) is -0.488. The fourth-order valence-electron chi connectivity index (χ4n) is 0.981. The molecule has 0 bridgehead atoms. The first-order valence-electron chi connectivity index (χ1n) is 4.60. The third-order valence-electron chi connectivity index (χ3n) is 1.75. The average Bonchev–Trinajstić information content (AvgIpc) is 2.14. The van der Waals surface area contributed by atoms with E-state index in [0.717, 1.165) is 0 Å². The molecule has 82 valence electrons. The Morgan fingerprint density at radius 1 is 1.67 bits per heavy atom. The Bertz CT molecular complexity index is 358. The number of nitrogens with zero attached hydrogens (tertiary/aromatic N) is 1. The molecule has 0 fully saturated rings. The highest BCUT2D eigenvalue weighted by atomic mass is 16.3. The van der Waals surface area contributed by atoms with E-state index in [4.69, 9.17) is 5.73 Å². The lowest BCUT2D eigenvalue weighted by molar-refractivity contribution is 0.0943. The Kier molecular flexibility index (Phi) is 3.26. The molecule has 0 radical (unpaired) electrons. The van der Waals surface area contributed by atoms with Gasteiger partial charge in [-0.3, -0.25) is 9.78 Å². The van der Waals surface area contributed by atoms with Gasteiger partial charge in [-0.25, -0.2) is 0 Å². The van der Waals surface area contributed by atoms with Crippen LogP contribution in [0.5, 0.6) is 5.75 Å². The third-order valence-corrected chi connectivity index (χ3v) is 1.75. The fourth-order valence-corrected chi connectivity index (χ4v) is 0.981. The number of hydrogen-bond donors (Lipinski definition) is 3. The quantitative estimate of drug-likeness (QED) is 0.666. The number of amides is 1. The van der Waals surface area contributed by atoms with Gasteiger partial charge in [0.1, 0.15) is 5.75 Å². The molecule has 0 saturated carbocycles. The lowest BCUT2D eigenvalue weighted by Crippen LogP contribution is -2.45. The van der Waals surface area contributed by atoms with Gasteiger partial charge in [0.2, 0.25) is 0 Å². The van der Waals surface area contributed by atoms with Gasteiger partial charge in [0, 0.05) is 18.3 Å². The molecule has 0 spiro atoms. The standard InChI is InChI=1S/C10H15N3O2/c1-10(2,11)6-13-9(15)7-3-4-12-5-8(7)14/h3-5,14H,6,11H2,1-2H3,(H,13,15). The summed E-state index contributed by atoms with van der Waals surface area (Å²) in [6, 6.07) is 1.45. The van der Waals surface area contributed by atoms with E-state index in [1.807, 2.05) is 0 Å². The summed E-state index contributed by atoms with van der Waals surface area (Å²) in [7, 11) is 0. The van der Waals surface area contributed by atoms with Gasteiger partial charge in [-0.15, -0.1) is 0 Å². The number of nitrogens with one attached hydrogen (secondary N) is 1. The molecule has 0 atom stereocenters. The van der Waals surface area contributed by atoms with Gasteiger partial charge in [-0.1, -0.05) is 0 Å². The summed E-state index contributed by atoms with van der Waals surface area (Å²) in [6.07, 6.45) is 2.67. The first kappa shape index (κ1) is 11.5. The lowest BCUT2D eigenvalue weighted by Gasteiger charge is -2.18. The Hall–Kier alpha value is -1.62. The van der Waals surface area contributed by atoms with Crippen LogP contribution in [0.2, 0.25) is 0 Å². The van der Waals surface area contributed by atoms with Crippen LogP contribution in [-0.4, -0.2) is 28.1 Å². The zero-order chi connectivity index (χ0) is 11.5. The smallest absolute Gasteiger partial charge is 0.255 e. The van der Waals surface area contributed by atoms with E-state index < -0.39 is 5.54 Å². The minimum Gasteiger partial charge on any atom is -0.505 e. The van der Waals surface area contributed by atoms with Crippen LogP contribution in [0.25, 0.3) is 0 Å². The third kappa shape index (κ3) is 3.55. The van der Waals surface area contributed by atoms with E-state index in [0.29, 0.717) is 6.54 Å². The molecule has 1 aromatic heterocycles. The molecule has 0 aliphatic heterocycles. The topological polar surface area (TPSA) is 88.2 Å². The second-order valence-corrected chi connectivity index (χ2v) is 4.06. The molecule has 0 aromatic carbocycles. The highest BCUT2D eigenvalue weighted by Gasteiger charge is 2.15. The molecular weight excluding hydrogens is 194 g/mol. The van der Waals surface area contributed by atoms with Crippen LogP contribution >= 0.6 is 0 Å². The number of nitrogens with two attached hydrogens (primary N) is 1. The van der Waals surface area contributed by atoms with Crippen molar-refractivity contribution in [3.8, 4) is 5.75 Å². The SMILES string of the molecule is CC(C)(N)CNC(=O)c1ccncc1O. The molecule has 1 amide bonds. The van der Waals surface area contributed by atoms with Gasteiger partial charge in [-0.2, -0.15) is 0 Å². The maximum absolute atomic E-state index is 11.6. The molecule has 0 aliphatic rings. The zero-order valence-corrected chi connectivity index (χ0v) is 8.82. The van der Waals surface area contributed by atoms with Gasteiger partial charge < -0.3 is 16.2 Å². The summed E-state index contributed by atoms with van der Waals surface area (Å²) in [4.78, 5) is 15.2. The van der Waals surface area contributed by atoms with E-state index in [1.165, 1.54) is 18.5 Å². The van der Waals surface area contributed by atoms with Crippen LogP contribution in [-0.2, 0) is 0 Å². The predicted octanol–water partition coefficient (Wildman–Crippen LogP) is 0.254. The Labute approximate surface area is 88.3 Å². The van der Waals surface area contributed by atoms with Gasteiger partial charge in [0.15, 0.2) is 0 Å². The summed E-state index contributed by atoms with van der Waals surface area (Å²) in [6.45, 7) is 3.95. The van der Waals surface area contributed by atoms with Crippen LogP contribution in [0.15, 0.2) is 18.5 Å². The summed E-state index contributed by atoms with van der Waals surface area (Å²) in [5.41, 5.74) is 5.44. The molecule has 1 rings (SSSR count). The summed E-state index contributed by atoms with van der Waals surface area (Å²) >= 11 is 0. The first-order valence-corrected chi connectivity index (χ1v) is 4.60. The molecule has 1 aromatic rings. The highest BCUT2D eigenvalue weighted by Crippen LogP contribution is 2.13. The second kappa shape index (κ2) is 4.27. The fraction of sp³-hybridized carbons (Fsp3) is 0.400. The van der Waals surface area contributed by atoms with Crippen LogP contribution in [0.1, 0.15) is 24.2 Å². The maximum Gasteiger partial charge on any atom is 0.255 e. The zero-order valence-electron chi connectivity index (χ0n) is 8.82. The normalized spacial score (nSPS) is 11.1. The van der Waals surface area contributed by atoms with Crippen molar-refractivity contribution in [3.05, 3.63) is 24.0 Å². The predicted molar refractivity (Wildman–Crippen MR) is 56.5 cm³/mol. The van der Waals surface area contributed by atoms with Gasteiger partial charge in [-0.05, 0) is 19.9 Å². The largest absolute Gasteiger partial charge is 0.505 e. The van der Waals surface area contributed by atoms with E-state index in [9.17, 15) is 9.90 Å². The monoisotopic (exact) mass is 209 g/mol. The summed E-state index contributed by atoms with van der Waals surface area (Å²) in [5, 5.41) is 12.0. The van der Waals surface area contributed by atoms with Crippen molar-refractivity contribution in [1.82, 2.24) is 10.3 Å². The van der Waals surface area contributed by atoms with Crippen LogP contribution in [0.3, 0.4) is 0 Å². The van der Waals surface area contributed by atoms with Crippen molar-refractivity contribution in [2.24, 2.45) is 5.73 Å². The number of carbonyl (C=O) groups excluding carboxylic acids is 1. The van der Waals surface area contributed by atoms with E-state index in [1.54, 1.807) is 13.8 Å². The Balaban J connectivity index is 2.66. The van der Waals surface area contributed by atoms with Crippen molar-refractivity contribution in [2.45, 2.75) is 19.4 Å². The highest BCUT2D eigenvalue weighted by molar-refractivity contribution is 5.96. The molecule has 4 N–H and O–H groups in total. The van der Waals surface area contributed by atoms with E-state index >= 15 is 0 Å². The van der Waals surface area contributed by atoms with Crippen molar-refractivity contribution in [3.63, 3.8) is 0 Å². The molecular formula is C10H15N3O2. The molecule has 1 heterocycles. The van der Waals surface area contributed by atoms with Crippen LogP contribution < -0.4 is 11.1 Å². The molecule has 0 saturated heterocycles. The second-order valence-electron chi connectivity index (χ2n) is 4.06. The molecule has 0 unspecified atom stereocenters. The number of carbonyl (C=O) groups is 1. The number of aromatic hydroxyl groups is 1. The van der Waals surface area contributed by atoms with Gasteiger partial charge in [0.05, 0.1) is 11.8 Å². The van der Waals surface area contributed by atoms with Crippen molar-refractivity contribution >= 4 is 5.91 Å². The number of aromatic nitrogens is 1. The van der Waals surface area contributed by atoms with E-state index in [-0.39, 0.29) is 17.2 Å². The molecule has 15 heavy (non-hydrogen) atoms. The van der Waals surface area contributed by atoms with Crippen molar-refractivity contribution < 1.29 is 9.90 Å². The van der Waals surface area contributed by atoms with Crippen LogP contribution in [0, 0.1) is 0 Å². The maximum atomic E-state index is 11.6. The first-order chi connectivity index (χ1) is 6.90.